The van der Waals surface area contributed by atoms with E-state index in [4.69, 9.17) is 16.3 Å². The van der Waals surface area contributed by atoms with Gasteiger partial charge in [0.05, 0.1) is 17.7 Å². The van der Waals surface area contributed by atoms with Crippen LogP contribution < -0.4 is 10.2 Å². The minimum absolute atomic E-state index is 0.162. The summed E-state index contributed by atoms with van der Waals surface area (Å²) in [5, 5.41) is 1.04. The second-order valence-electron chi connectivity index (χ2n) is 7.01. The lowest BCUT2D eigenvalue weighted by Crippen LogP contribution is -2.56. The highest BCUT2D eigenvalue weighted by Gasteiger charge is 2.30. The summed E-state index contributed by atoms with van der Waals surface area (Å²) in [7, 11) is 1.52. The van der Waals surface area contributed by atoms with Crippen LogP contribution in [0.15, 0.2) is 36.4 Å². The van der Waals surface area contributed by atoms with E-state index in [2.05, 4.69) is 5.43 Å². The van der Waals surface area contributed by atoms with E-state index in [1.807, 2.05) is 0 Å². The molecule has 0 atom stereocenters. The Morgan fingerprint density at radius 2 is 1.85 bits per heavy atom. The van der Waals surface area contributed by atoms with E-state index in [-0.39, 0.29) is 10.6 Å². The summed E-state index contributed by atoms with van der Waals surface area (Å²) in [6.07, 6.45) is 0. The van der Waals surface area contributed by atoms with E-state index in [0.29, 0.717) is 16.9 Å². The first-order chi connectivity index (χ1) is 12.6. The van der Waals surface area contributed by atoms with Gasteiger partial charge in [0.2, 0.25) is 0 Å². The number of rotatable bonds is 3. The first-order valence-electron chi connectivity index (χ1n) is 8.30. The molecule has 0 unspecified atom stereocenters. The number of carbonyl (C=O) groups is 2. The lowest BCUT2D eigenvalue weighted by molar-refractivity contribution is 0.0358. The van der Waals surface area contributed by atoms with E-state index in [0.717, 1.165) is 6.07 Å². The number of nitrogens with one attached hydrogen (secondary N) is 1. The molecule has 2 amide bonds. The first-order valence-corrected chi connectivity index (χ1v) is 8.68. The first kappa shape index (κ1) is 20.7. The lowest BCUT2D eigenvalue weighted by Gasteiger charge is -2.35. The number of carbonyl (C=O) groups excluding carboxylic acids is 2. The number of hydrogen-bond acceptors (Lipinski definition) is 3. The highest BCUT2D eigenvalue weighted by molar-refractivity contribution is 6.31. The van der Waals surface area contributed by atoms with Gasteiger partial charge < -0.3 is 4.74 Å². The number of ether oxygens (including phenoxy) is 1. The molecule has 5 nitrogen and oxygen atoms in total. The van der Waals surface area contributed by atoms with Gasteiger partial charge in [-0.05, 0) is 58.0 Å². The van der Waals surface area contributed by atoms with Crippen molar-refractivity contribution in [1.29, 1.82) is 0 Å². The molecule has 2 rings (SSSR count). The maximum absolute atomic E-state index is 13.4. The standard InChI is InChI=1S/C20H22ClFN2O3/c1-12-14(7-6-8-17(12)27-5)18(25)23-24(20(2,3)4)19(26)13-9-10-16(22)15(21)11-13/h6-11H,1-5H3,(H,23,25). The van der Waals surface area contributed by atoms with E-state index >= 15 is 0 Å². The number of halogens is 2. The zero-order chi connectivity index (χ0) is 20.4. The Balaban J connectivity index is 2.36. The number of methoxy groups -OCH3 is 1. The maximum atomic E-state index is 13.4. The summed E-state index contributed by atoms with van der Waals surface area (Å²) in [5.74, 6) is -1.01. The predicted octanol–water partition coefficient (Wildman–Crippen LogP) is 4.38. The molecule has 0 bridgehead atoms. The molecule has 2 aromatic carbocycles. The molecule has 0 aliphatic carbocycles. The summed E-state index contributed by atoms with van der Waals surface area (Å²) in [6.45, 7) is 7.08. The molecular formula is C20H22ClFN2O3. The average molecular weight is 393 g/mol. The van der Waals surface area contributed by atoms with Gasteiger partial charge in [-0.3, -0.25) is 15.0 Å². The number of hydrazine groups is 1. The quantitative estimate of drug-likeness (QED) is 0.788. The van der Waals surface area contributed by atoms with Crippen molar-refractivity contribution in [2.75, 3.05) is 7.11 Å². The third-order valence-corrected chi connectivity index (χ3v) is 4.29. The number of hydrogen-bond donors (Lipinski definition) is 1. The van der Waals surface area contributed by atoms with Crippen LogP contribution in [0.5, 0.6) is 5.75 Å². The Hall–Kier alpha value is -2.60. The molecule has 1 N–H and O–H groups in total. The van der Waals surface area contributed by atoms with Crippen molar-refractivity contribution in [3.05, 3.63) is 63.9 Å². The van der Waals surface area contributed by atoms with E-state index in [9.17, 15) is 14.0 Å². The molecule has 0 saturated carbocycles. The van der Waals surface area contributed by atoms with Crippen molar-refractivity contribution in [1.82, 2.24) is 10.4 Å². The van der Waals surface area contributed by atoms with Gasteiger partial charge in [-0.25, -0.2) is 9.40 Å². The fourth-order valence-corrected chi connectivity index (χ4v) is 2.71. The van der Waals surface area contributed by atoms with Crippen molar-refractivity contribution in [2.45, 2.75) is 33.2 Å². The van der Waals surface area contributed by atoms with Crippen LogP contribution in [0.2, 0.25) is 5.02 Å². The number of benzene rings is 2. The molecule has 0 saturated heterocycles. The second kappa shape index (κ2) is 7.96. The zero-order valence-electron chi connectivity index (χ0n) is 15.9. The monoisotopic (exact) mass is 392 g/mol. The molecule has 7 heteroatoms. The minimum Gasteiger partial charge on any atom is -0.496 e. The largest absolute Gasteiger partial charge is 0.496 e. The van der Waals surface area contributed by atoms with Gasteiger partial charge >= 0.3 is 0 Å². The molecule has 2 aromatic rings. The molecule has 0 aromatic heterocycles. The molecule has 27 heavy (non-hydrogen) atoms. The molecule has 0 aliphatic heterocycles. The maximum Gasteiger partial charge on any atom is 0.272 e. The van der Waals surface area contributed by atoms with Crippen LogP contribution in [0.3, 0.4) is 0 Å². The summed E-state index contributed by atoms with van der Waals surface area (Å²) >= 11 is 5.79. The molecule has 144 valence electrons. The van der Waals surface area contributed by atoms with E-state index in [1.165, 1.54) is 24.3 Å². The third-order valence-electron chi connectivity index (χ3n) is 4.00. The van der Waals surface area contributed by atoms with Crippen LogP contribution in [0.1, 0.15) is 47.1 Å². The Labute approximate surface area is 163 Å². The smallest absolute Gasteiger partial charge is 0.272 e. The topological polar surface area (TPSA) is 58.6 Å². The summed E-state index contributed by atoms with van der Waals surface area (Å²) in [4.78, 5) is 25.7. The fraction of sp³-hybridized carbons (Fsp3) is 0.300. The van der Waals surface area contributed by atoms with Crippen molar-refractivity contribution in [3.8, 4) is 5.75 Å². The van der Waals surface area contributed by atoms with Gasteiger partial charge in [0.25, 0.3) is 11.8 Å². The van der Waals surface area contributed by atoms with Gasteiger partial charge in [0.1, 0.15) is 11.6 Å². The van der Waals surface area contributed by atoms with Gasteiger partial charge in [0.15, 0.2) is 0 Å². The van der Waals surface area contributed by atoms with E-state index in [1.54, 1.807) is 45.9 Å². The third kappa shape index (κ3) is 4.57. The number of nitrogens with zero attached hydrogens (tertiary/aromatic N) is 1. The molecule has 0 fully saturated rings. The Morgan fingerprint density at radius 1 is 1.19 bits per heavy atom. The van der Waals surface area contributed by atoms with Crippen molar-refractivity contribution >= 4 is 23.4 Å². The van der Waals surface area contributed by atoms with Crippen molar-refractivity contribution < 1.29 is 18.7 Å². The van der Waals surface area contributed by atoms with Crippen molar-refractivity contribution in [3.63, 3.8) is 0 Å². The van der Waals surface area contributed by atoms with Gasteiger partial charge in [0, 0.05) is 16.7 Å². The summed E-state index contributed by atoms with van der Waals surface area (Å²) in [5.41, 5.74) is 3.12. The van der Waals surface area contributed by atoms with Crippen LogP contribution in [0.25, 0.3) is 0 Å². The molecule has 0 spiro atoms. The predicted molar refractivity (Wildman–Crippen MR) is 103 cm³/mol. The average Bonchev–Trinajstić information content (AvgIpc) is 2.60. The second-order valence-corrected chi connectivity index (χ2v) is 7.42. The Morgan fingerprint density at radius 3 is 2.41 bits per heavy atom. The highest BCUT2D eigenvalue weighted by atomic mass is 35.5. The van der Waals surface area contributed by atoms with Gasteiger partial charge in [-0.1, -0.05) is 17.7 Å². The van der Waals surface area contributed by atoms with Crippen LogP contribution in [0, 0.1) is 12.7 Å². The van der Waals surface area contributed by atoms with Crippen LogP contribution >= 0.6 is 11.6 Å². The van der Waals surface area contributed by atoms with Crippen molar-refractivity contribution in [2.24, 2.45) is 0 Å². The Kier molecular flexibility index (Phi) is 6.11. The van der Waals surface area contributed by atoms with Gasteiger partial charge in [-0.2, -0.15) is 0 Å². The summed E-state index contributed by atoms with van der Waals surface area (Å²) < 4.78 is 18.6. The van der Waals surface area contributed by atoms with E-state index < -0.39 is 23.2 Å². The highest BCUT2D eigenvalue weighted by Crippen LogP contribution is 2.23. The van der Waals surface area contributed by atoms with Crippen LogP contribution in [-0.2, 0) is 0 Å². The van der Waals surface area contributed by atoms with Gasteiger partial charge in [-0.15, -0.1) is 0 Å². The van der Waals surface area contributed by atoms with Crippen LogP contribution in [-0.4, -0.2) is 29.5 Å². The molecule has 0 aliphatic rings. The lowest BCUT2D eigenvalue weighted by atomic mass is 10.1. The molecule has 0 heterocycles. The van der Waals surface area contributed by atoms with Crippen LogP contribution in [0.4, 0.5) is 4.39 Å². The molecule has 0 radical (unpaired) electrons. The normalized spacial score (nSPS) is 11.1. The fourth-order valence-electron chi connectivity index (χ4n) is 2.52. The minimum atomic E-state index is -0.736. The Bertz CT molecular complexity index is 878. The zero-order valence-corrected chi connectivity index (χ0v) is 16.6. The molecular weight excluding hydrogens is 371 g/mol. The number of amides is 2. The SMILES string of the molecule is COc1cccc(C(=O)NN(C(=O)c2ccc(F)c(Cl)c2)C(C)(C)C)c1C. The summed E-state index contributed by atoms with van der Waals surface area (Å²) in [6, 6.07) is 8.77.